The Bertz CT molecular complexity index is 420. The van der Waals surface area contributed by atoms with Crippen LogP contribution >= 0.6 is 0 Å². The van der Waals surface area contributed by atoms with Gasteiger partial charge in [-0.2, -0.15) is 8.42 Å². The standard InChI is InChI=1S/C12H18O3S/c1-4-5-11(3)15-16(13,14)12-8-6-10(2)7-9-12/h6-9,11H,4-5H2,1-3H3/t11-/m0/s1. The summed E-state index contributed by atoms with van der Waals surface area (Å²) in [5.41, 5.74) is 1.03. The van der Waals surface area contributed by atoms with Crippen molar-refractivity contribution in [3.05, 3.63) is 29.8 Å². The molecule has 90 valence electrons. The van der Waals surface area contributed by atoms with E-state index in [1.165, 1.54) is 0 Å². The third-order valence-electron chi connectivity index (χ3n) is 2.30. The molecule has 0 saturated heterocycles. The first-order valence-electron chi connectivity index (χ1n) is 5.45. The van der Waals surface area contributed by atoms with E-state index in [9.17, 15) is 8.42 Å². The molecule has 1 aromatic carbocycles. The van der Waals surface area contributed by atoms with Gasteiger partial charge in [0, 0.05) is 0 Å². The average molecular weight is 242 g/mol. The van der Waals surface area contributed by atoms with E-state index in [-0.39, 0.29) is 11.0 Å². The summed E-state index contributed by atoms with van der Waals surface area (Å²) in [6.07, 6.45) is 1.38. The minimum Gasteiger partial charge on any atom is -0.263 e. The Hall–Kier alpha value is -0.870. The lowest BCUT2D eigenvalue weighted by Crippen LogP contribution is -2.15. The molecule has 16 heavy (non-hydrogen) atoms. The van der Waals surface area contributed by atoms with Gasteiger partial charge in [-0.25, -0.2) is 0 Å². The van der Waals surface area contributed by atoms with Crippen LogP contribution in [0.2, 0.25) is 0 Å². The molecule has 1 rings (SSSR count). The molecule has 1 atom stereocenters. The van der Waals surface area contributed by atoms with Gasteiger partial charge in [0.15, 0.2) is 0 Å². The highest BCUT2D eigenvalue weighted by Crippen LogP contribution is 2.16. The van der Waals surface area contributed by atoms with Crippen molar-refractivity contribution in [3.63, 3.8) is 0 Å². The molecular weight excluding hydrogens is 224 g/mol. The molecule has 1 aromatic rings. The van der Waals surface area contributed by atoms with E-state index in [0.29, 0.717) is 0 Å². The summed E-state index contributed by atoms with van der Waals surface area (Å²) < 4.78 is 28.7. The zero-order valence-electron chi connectivity index (χ0n) is 9.93. The highest BCUT2D eigenvalue weighted by molar-refractivity contribution is 7.86. The second kappa shape index (κ2) is 5.46. The van der Waals surface area contributed by atoms with E-state index >= 15 is 0 Å². The summed E-state index contributed by atoms with van der Waals surface area (Å²) in [6.45, 7) is 5.69. The summed E-state index contributed by atoms with van der Waals surface area (Å²) in [7, 11) is -3.60. The summed E-state index contributed by atoms with van der Waals surface area (Å²) in [6, 6.07) is 6.67. The van der Waals surface area contributed by atoms with Crippen LogP contribution in [-0.2, 0) is 14.3 Å². The molecule has 0 unspecified atom stereocenters. The van der Waals surface area contributed by atoms with Gasteiger partial charge in [0.25, 0.3) is 10.1 Å². The van der Waals surface area contributed by atoms with E-state index in [1.54, 1.807) is 31.2 Å². The van der Waals surface area contributed by atoms with E-state index < -0.39 is 10.1 Å². The Morgan fingerprint density at radius 1 is 1.25 bits per heavy atom. The summed E-state index contributed by atoms with van der Waals surface area (Å²) in [4.78, 5) is 0.223. The lowest BCUT2D eigenvalue weighted by Gasteiger charge is -2.11. The topological polar surface area (TPSA) is 43.4 Å². The van der Waals surface area contributed by atoms with Gasteiger partial charge in [0.05, 0.1) is 11.0 Å². The van der Waals surface area contributed by atoms with Gasteiger partial charge in [0.2, 0.25) is 0 Å². The Kier molecular flexibility index (Phi) is 4.50. The highest BCUT2D eigenvalue weighted by atomic mass is 32.2. The Balaban J connectivity index is 2.82. The minimum absolute atomic E-state index is 0.223. The number of rotatable bonds is 5. The van der Waals surface area contributed by atoms with Gasteiger partial charge in [-0.15, -0.1) is 0 Å². The Morgan fingerprint density at radius 2 is 1.81 bits per heavy atom. The Labute approximate surface area is 97.6 Å². The predicted molar refractivity (Wildman–Crippen MR) is 63.8 cm³/mol. The Morgan fingerprint density at radius 3 is 2.31 bits per heavy atom. The van der Waals surface area contributed by atoms with Crippen molar-refractivity contribution in [2.75, 3.05) is 0 Å². The molecule has 4 heteroatoms. The number of aryl methyl sites for hydroxylation is 1. The first-order valence-corrected chi connectivity index (χ1v) is 6.86. The van der Waals surface area contributed by atoms with Crippen LogP contribution in [-0.4, -0.2) is 14.5 Å². The molecule has 0 aliphatic heterocycles. The molecule has 0 radical (unpaired) electrons. The van der Waals surface area contributed by atoms with Crippen LogP contribution in [0, 0.1) is 6.92 Å². The first kappa shape index (κ1) is 13.2. The van der Waals surface area contributed by atoms with Crippen molar-refractivity contribution in [2.24, 2.45) is 0 Å². The quantitative estimate of drug-likeness (QED) is 0.746. The molecule has 0 aliphatic rings. The summed E-state index contributed by atoms with van der Waals surface area (Å²) >= 11 is 0. The van der Waals surface area contributed by atoms with Crippen LogP contribution in [0.1, 0.15) is 32.3 Å². The van der Waals surface area contributed by atoms with Crippen molar-refractivity contribution >= 4 is 10.1 Å². The maximum absolute atomic E-state index is 11.8. The lowest BCUT2D eigenvalue weighted by atomic mass is 10.2. The smallest absolute Gasteiger partial charge is 0.263 e. The van der Waals surface area contributed by atoms with Crippen molar-refractivity contribution < 1.29 is 12.6 Å². The van der Waals surface area contributed by atoms with Crippen LogP contribution in [0.15, 0.2) is 29.2 Å². The van der Waals surface area contributed by atoms with Gasteiger partial charge in [-0.1, -0.05) is 31.0 Å². The van der Waals surface area contributed by atoms with Crippen molar-refractivity contribution in [2.45, 2.75) is 44.6 Å². The second-order valence-electron chi connectivity index (χ2n) is 3.96. The fourth-order valence-corrected chi connectivity index (χ4v) is 2.54. The fourth-order valence-electron chi connectivity index (χ4n) is 1.43. The van der Waals surface area contributed by atoms with E-state index in [0.717, 1.165) is 18.4 Å². The largest absolute Gasteiger partial charge is 0.297 e. The molecule has 0 aromatic heterocycles. The zero-order chi connectivity index (χ0) is 12.2. The van der Waals surface area contributed by atoms with Crippen LogP contribution in [0.25, 0.3) is 0 Å². The van der Waals surface area contributed by atoms with Gasteiger partial charge in [0.1, 0.15) is 0 Å². The first-order chi connectivity index (χ1) is 7.45. The summed E-state index contributed by atoms with van der Waals surface area (Å²) in [5, 5.41) is 0. The van der Waals surface area contributed by atoms with Gasteiger partial charge in [-0.3, -0.25) is 4.18 Å². The van der Waals surface area contributed by atoms with Crippen molar-refractivity contribution in [1.82, 2.24) is 0 Å². The van der Waals surface area contributed by atoms with Crippen LogP contribution in [0.4, 0.5) is 0 Å². The van der Waals surface area contributed by atoms with E-state index in [4.69, 9.17) is 4.18 Å². The predicted octanol–water partition coefficient (Wildman–Crippen LogP) is 2.89. The second-order valence-corrected chi connectivity index (χ2v) is 5.53. The molecular formula is C12H18O3S. The maximum Gasteiger partial charge on any atom is 0.297 e. The fraction of sp³-hybridized carbons (Fsp3) is 0.500. The lowest BCUT2D eigenvalue weighted by molar-refractivity contribution is 0.217. The van der Waals surface area contributed by atoms with Gasteiger partial charge < -0.3 is 0 Å². The van der Waals surface area contributed by atoms with E-state index in [2.05, 4.69) is 0 Å². The van der Waals surface area contributed by atoms with Crippen LogP contribution < -0.4 is 0 Å². The van der Waals surface area contributed by atoms with Gasteiger partial charge in [-0.05, 0) is 32.4 Å². The molecule has 0 aliphatic carbocycles. The molecule has 0 N–H and O–H groups in total. The molecule has 3 nitrogen and oxygen atoms in total. The third-order valence-corrected chi connectivity index (χ3v) is 3.73. The molecule has 0 saturated carbocycles. The SMILES string of the molecule is CCC[C@H](C)OS(=O)(=O)c1ccc(C)cc1. The number of hydrogen-bond acceptors (Lipinski definition) is 3. The number of benzene rings is 1. The molecule has 0 amide bonds. The maximum atomic E-state index is 11.8. The molecule has 0 bridgehead atoms. The highest BCUT2D eigenvalue weighted by Gasteiger charge is 2.18. The van der Waals surface area contributed by atoms with Crippen molar-refractivity contribution in [3.8, 4) is 0 Å². The monoisotopic (exact) mass is 242 g/mol. The van der Waals surface area contributed by atoms with Crippen LogP contribution in [0.3, 0.4) is 0 Å². The van der Waals surface area contributed by atoms with E-state index in [1.807, 2.05) is 13.8 Å². The molecule has 0 fully saturated rings. The van der Waals surface area contributed by atoms with Crippen molar-refractivity contribution in [1.29, 1.82) is 0 Å². The minimum atomic E-state index is -3.60. The molecule has 0 heterocycles. The molecule has 0 spiro atoms. The van der Waals surface area contributed by atoms with Crippen LogP contribution in [0.5, 0.6) is 0 Å². The number of hydrogen-bond donors (Lipinski definition) is 0. The normalized spacial score (nSPS) is 13.7. The zero-order valence-corrected chi connectivity index (χ0v) is 10.8. The average Bonchev–Trinajstić information content (AvgIpc) is 2.17. The van der Waals surface area contributed by atoms with Gasteiger partial charge >= 0.3 is 0 Å². The third kappa shape index (κ3) is 3.61. The summed E-state index contributed by atoms with van der Waals surface area (Å²) in [5.74, 6) is 0.